The van der Waals surface area contributed by atoms with Crippen molar-refractivity contribution in [3.8, 4) is 0 Å². The Labute approximate surface area is 194 Å². The van der Waals surface area contributed by atoms with Crippen LogP contribution in [0.4, 0.5) is 0 Å². The Morgan fingerprint density at radius 2 is 1.72 bits per heavy atom. The van der Waals surface area contributed by atoms with Crippen molar-refractivity contribution in [2.75, 3.05) is 59.9 Å². The molecule has 0 aliphatic carbocycles. The van der Waals surface area contributed by atoms with Gasteiger partial charge >= 0.3 is 0 Å². The molecule has 1 N–H and O–H groups in total. The van der Waals surface area contributed by atoms with Crippen LogP contribution >= 0.6 is 24.0 Å². The molecule has 2 aliphatic heterocycles. The first-order valence-electron chi connectivity index (χ1n) is 11.1. The maximum absolute atomic E-state index is 4.56. The summed E-state index contributed by atoms with van der Waals surface area (Å²) in [5.41, 5.74) is 1.44. The van der Waals surface area contributed by atoms with Crippen LogP contribution in [0, 0.1) is 5.92 Å². The van der Waals surface area contributed by atoms with Crippen LogP contribution in [0.1, 0.15) is 44.2 Å². The van der Waals surface area contributed by atoms with E-state index in [4.69, 9.17) is 0 Å². The lowest BCUT2D eigenvalue weighted by atomic mass is 9.94. The van der Waals surface area contributed by atoms with Gasteiger partial charge in [0.25, 0.3) is 0 Å². The number of hydrogen-bond donors (Lipinski definition) is 1. The summed E-state index contributed by atoms with van der Waals surface area (Å²) in [5, 5.41) is 3.63. The molecule has 1 aromatic carbocycles. The number of rotatable bonds is 6. The number of piperazine rings is 1. The fourth-order valence-corrected chi connectivity index (χ4v) is 4.70. The Morgan fingerprint density at radius 1 is 1.07 bits per heavy atom. The number of piperidine rings is 1. The molecule has 0 spiro atoms. The van der Waals surface area contributed by atoms with E-state index >= 15 is 0 Å². The number of halogens is 1. The van der Waals surface area contributed by atoms with Gasteiger partial charge in [0.1, 0.15) is 0 Å². The highest BCUT2D eigenvalue weighted by Gasteiger charge is 2.25. The summed E-state index contributed by atoms with van der Waals surface area (Å²) in [5.74, 6) is 1.95. The molecular weight excluding hydrogens is 473 g/mol. The molecule has 2 saturated heterocycles. The van der Waals surface area contributed by atoms with Gasteiger partial charge in [0, 0.05) is 45.8 Å². The van der Waals surface area contributed by atoms with Gasteiger partial charge in [-0.3, -0.25) is 9.89 Å². The van der Waals surface area contributed by atoms with Gasteiger partial charge in [-0.05, 0) is 57.3 Å². The summed E-state index contributed by atoms with van der Waals surface area (Å²) in [6.45, 7) is 10.2. The second-order valence-electron chi connectivity index (χ2n) is 8.37. The quantitative estimate of drug-likeness (QED) is 0.358. The molecule has 0 saturated carbocycles. The first kappa shape index (κ1) is 24.4. The van der Waals surface area contributed by atoms with Crippen LogP contribution in [0.15, 0.2) is 35.3 Å². The fraction of sp³-hybridized carbons (Fsp3) is 0.696. The second kappa shape index (κ2) is 12.7. The summed E-state index contributed by atoms with van der Waals surface area (Å²) in [6.07, 6.45) is 5.10. The average molecular weight is 514 g/mol. The highest BCUT2D eigenvalue weighted by Crippen LogP contribution is 2.25. The highest BCUT2D eigenvalue weighted by atomic mass is 127. The van der Waals surface area contributed by atoms with Crippen molar-refractivity contribution in [1.29, 1.82) is 0 Å². The lowest BCUT2D eigenvalue weighted by molar-refractivity contribution is 0.126. The van der Waals surface area contributed by atoms with Crippen molar-refractivity contribution >= 4 is 29.9 Å². The van der Waals surface area contributed by atoms with Gasteiger partial charge in [0.15, 0.2) is 5.96 Å². The Bertz CT molecular complexity index is 593. The van der Waals surface area contributed by atoms with Gasteiger partial charge in [0.05, 0.1) is 0 Å². The molecule has 5 nitrogen and oxygen atoms in total. The molecule has 1 unspecified atom stereocenters. The van der Waals surface area contributed by atoms with E-state index in [1.165, 1.54) is 37.9 Å². The van der Waals surface area contributed by atoms with E-state index in [0.717, 1.165) is 51.0 Å². The summed E-state index contributed by atoms with van der Waals surface area (Å²) in [7, 11) is 4.15. The molecule has 6 heteroatoms. The minimum Gasteiger partial charge on any atom is -0.356 e. The van der Waals surface area contributed by atoms with Crippen LogP contribution in [0.25, 0.3) is 0 Å². The third-order valence-electron chi connectivity index (χ3n) is 6.51. The topological polar surface area (TPSA) is 34.1 Å². The summed E-state index contributed by atoms with van der Waals surface area (Å²) in [4.78, 5) is 12.1. The molecule has 0 aromatic heterocycles. The number of nitrogens with zero attached hydrogens (tertiary/aromatic N) is 4. The number of aliphatic imine (C=N–C) groups is 1. The number of likely N-dealkylation sites (tertiary alicyclic amines) is 1. The smallest absolute Gasteiger partial charge is 0.193 e. The minimum atomic E-state index is 0. The van der Waals surface area contributed by atoms with E-state index in [9.17, 15) is 0 Å². The standard InChI is InChI=1S/C23H39N5.HI/c1-4-22(21-8-6-5-7-9-21)27-16-18-28(19-17-27)23(24-2)25-13-10-20-11-14-26(3)15-12-20;/h5-9,20,22H,4,10-19H2,1-3H3,(H,24,25);1H. The lowest BCUT2D eigenvalue weighted by Gasteiger charge is -2.40. The Kier molecular flexibility index (Phi) is 10.7. The van der Waals surface area contributed by atoms with Gasteiger partial charge in [-0.15, -0.1) is 24.0 Å². The third-order valence-corrected chi connectivity index (χ3v) is 6.51. The molecule has 29 heavy (non-hydrogen) atoms. The van der Waals surface area contributed by atoms with E-state index in [1.807, 2.05) is 7.05 Å². The van der Waals surface area contributed by atoms with Crippen molar-refractivity contribution in [2.45, 2.75) is 38.6 Å². The molecule has 0 bridgehead atoms. The van der Waals surface area contributed by atoms with Gasteiger partial charge < -0.3 is 15.1 Å². The minimum absolute atomic E-state index is 0. The van der Waals surface area contributed by atoms with E-state index in [0.29, 0.717) is 6.04 Å². The predicted molar refractivity (Wildman–Crippen MR) is 134 cm³/mol. The number of guanidine groups is 1. The maximum Gasteiger partial charge on any atom is 0.193 e. The molecule has 3 rings (SSSR count). The zero-order chi connectivity index (χ0) is 19.8. The molecule has 1 aromatic rings. The zero-order valence-corrected chi connectivity index (χ0v) is 20.8. The Hall–Kier alpha value is -0.860. The van der Waals surface area contributed by atoms with Crippen LogP contribution in [0.2, 0.25) is 0 Å². The van der Waals surface area contributed by atoms with Crippen molar-refractivity contribution < 1.29 is 0 Å². The third kappa shape index (κ3) is 7.10. The Balaban J connectivity index is 0.00000300. The first-order valence-corrected chi connectivity index (χ1v) is 11.1. The molecule has 164 valence electrons. The molecule has 0 amide bonds. The molecule has 1 atom stereocenters. The van der Waals surface area contributed by atoms with E-state index < -0.39 is 0 Å². The maximum atomic E-state index is 4.56. The van der Waals surface area contributed by atoms with Gasteiger partial charge in [-0.2, -0.15) is 0 Å². The molecular formula is C23H40IN5. The monoisotopic (exact) mass is 513 g/mol. The summed E-state index contributed by atoms with van der Waals surface area (Å²) in [6, 6.07) is 11.5. The van der Waals surface area contributed by atoms with Gasteiger partial charge in [-0.25, -0.2) is 0 Å². The van der Waals surface area contributed by atoms with Crippen LogP contribution in [0.5, 0.6) is 0 Å². The average Bonchev–Trinajstić information content (AvgIpc) is 2.75. The van der Waals surface area contributed by atoms with Crippen molar-refractivity contribution in [3.63, 3.8) is 0 Å². The summed E-state index contributed by atoms with van der Waals surface area (Å²) < 4.78 is 0. The molecule has 0 radical (unpaired) electrons. The molecule has 2 aliphatic rings. The highest BCUT2D eigenvalue weighted by molar-refractivity contribution is 14.0. The number of benzene rings is 1. The largest absolute Gasteiger partial charge is 0.356 e. The number of hydrogen-bond acceptors (Lipinski definition) is 3. The first-order chi connectivity index (χ1) is 13.7. The molecule has 2 fully saturated rings. The van der Waals surface area contributed by atoms with E-state index in [2.05, 4.69) is 69.3 Å². The van der Waals surface area contributed by atoms with E-state index in [-0.39, 0.29) is 24.0 Å². The Morgan fingerprint density at radius 3 is 2.31 bits per heavy atom. The SMILES string of the molecule is CCC(c1ccccc1)N1CCN(C(=NC)NCCC2CCN(C)CC2)CC1.I. The van der Waals surface area contributed by atoms with Crippen LogP contribution in [-0.4, -0.2) is 80.6 Å². The van der Waals surface area contributed by atoms with Crippen molar-refractivity contribution in [1.82, 2.24) is 20.0 Å². The number of nitrogens with one attached hydrogen (secondary N) is 1. The zero-order valence-electron chi connectivity index (χ0n) is 18.5. The van der Waals surface area contributed by atoms with Crippen LogP contribution in [0.3, 0.4) is 0 Å². The normalized spacial score (nSPS) is 20.9. The fourth-order valence-electron chi connectivity index (χ4n) is 4.70. The van der Waals surface area contributed by atoms with Gasteiger partial charge in [-0.1, -0.05) is 37.3 Å². The van der Waals surface area contributed by atoms with Crippen molar-refractivity contribution in [2.24, 2.45) is 10.9 Å². The molecule has 2 heterocycles. The van der Waals surface area contributed by atoms with E-state index in [1.54, 1.807) is 0 Å². The van der Waals surface area contributed by atoms with Crippen molar-refractivity contribution in [3.05, 3.63) is 35.9 Å². The summed E-state index contributed by atoms with van der Waals surface area (Å²) >= 11 is 0. The van der Waals surface area contributed by atoms with Crippen LogP contribution < -0.4 is 5.32 Å². The van der Waals surface area contributed by atoms with Crippen LogP contribution in [-0.2, 0) is 0 Å². The second-order valence-corrected chi connectivity index (χ2v) is 8.37. The van der Waals surface area contributed by atoms with Gasteiger partial charge in [0.2, 0.25) is 0 Å². The lowest BCUT2D eigenvalue weighted by Crippen LogP contribution is -2.53. The predicted octanol–water partition coefficient (Wildman–Crippen LogP) is 3.68.